The number of ether oxygens (including phenoxy) is 2. The van der Waals surface area contributed by atoms with E-state index in [1.807, 2.05) is 58.0 Å². The third-order valence-electron chi connectivity index (χ3n) is 4.99. The molecule has 0 bridgehead atoms. The molecule has 3 N–H and O–H groups in total. The second kappa shape index (κ2) is 8.06. The lowest BCUT2D eigenvalue weighted by atomic mass is 10.0. The van der Waals surface area contributed by atoms with Gasteiger partial charge in [-0.05, 0) is 58.7 Å². The zero-order chi connectivity index (χ0) is 21.2. The van der Waals surface area contributed by atoms with Gasteiger partial charge in [-0.15, -0.1) is 0 Å². The Hall–Kier alpha value is -2.54. The van der Waals surface area contributed by atoms with Gasteiger partial charge in [-0.1, -0.05) is 12.1 Å². The lowest BCUT2D eigenvalue weighted by molar-refractivity contribution is 0.0190. The highest BCUT2D eigenvalue weighted by atomic mass is 16.6. The number of para-hydroxylation sites is 1. The smallest absolute Gasteiger partial charge is 0.410 e. The third-order valence-corrected chi connectivity index (χ3v) is 4.99. The molecule has 2 aliphatic heterocycles. The molecule has 1 unspecified atom stereocenters. The van der Waals surface area contributed by atoms with Crippen LogP contribution in [0.4, 0.5) is 4.79 Å². The van der Waals surface area contributed by atoms with Gasteiger partial charge in [-0.25, -0.2) is 4.79 Å². The van der Waals surface area contributed by atoms with Crippen molar-refractivity contribution in [3.8, 4) is 5.75 Å². The number of carbonyl (C=O) groups excluding carboxylic acids is 1. The van der Waals surface area contributed by atoms with Crippen LogP contribution in [-0.4, -0.2) is 54.2 Å². The zero-order valence-electron chi connectivity index (χ0n) is 18.0. The predicted octanol–water partition coefficient (Wildman–Crippen LogP) is 3.05. The third kappa shape index (κ3) is 5.09. The highest BCUT2D eigenvalue weighted by Crippen LogP contribution is 2.28. The van der Waals surface area contributed by atoms with E-state index in [0.29, 0.717) is 13.1 Å². The Morgan fingerprint density at radius 2 is 2.07 bits per heavy atom. The van der Waals surface area contributed by atoms with Crippen LogP contribution in [0, 0.1) is 0 Å². The summed E-state index contributed by atoms with van der Waals surface area (Å²) >= 11 is 0. The van der Waals surface area contributed by atoms with E-state index in [0.717, 1.165) is 35.6 Å². The maximum atomic E-state index is 12.4. The summed E-state index contributed by atoms with van der Waals surface area (Å²) in [5.74, 6) is 0.758. The number of piperidine rings is 1. The molecule has 0 saturated carbocycles. The van der Waals surface area contributed by atoms with Crippen molar-refractivity contribution >= 4 is 11.8 Å². The number of nitrogens with zero attached hydrogens (tertiary/aromatic N) is 2. The van der Waals surface area contributed by atoms with Gasteiger partial charge in [0.25, 0.3) is 0 Å². The highest BCUT2D eigenvalue weighted by molar-refractivity contribution is 6.12. The molecule has 7 heteroatoms. The lowest BCUT2D eigenvalue weighted by Crippen LogP contribution is -2.52. The van der Waals surface area contributed by atoms with Crippen molar-refractivity contribution < 1.29 is 14.3 Å². The summed E-state index contributed by atoms with van der Waals surface area (Å²) in [5, 5.41) is 3.52. The molecule has 1 amide bonds. The van der Waals surface area contributed by atoms with Crippen molar-refractivity contribution in [1.29, 1.82) is 0 Å². The quantitative estimate of drug-likeness (QED) is 0.811. The molecule has 1 saturated heterocycles. The second-order valence-electron chi connectivity index (χ2n) is 8.81. The number of allylic oxidation sites excluding steroid dienone is 1. The van der Waals surface area contributed by atoms with E-state index in [1.165, 1.54) is 0 Å². The van der Waals surface area contributed by atoms with Crippen LogP contribution in [0.15, 0.2) is 41.0 Å². The fourth-order valence-electron chi connectivity index (χ4n) is 3.61. The standard InChI is InChI=1S/C22H32N4O3/c1-21(2,3)29-20(27)26-12-8-9-15(14-26)24-19-13-17(25-22(19,4)23)16-10-6-7-11-18(16)28-5/h6-7,10-11,13,15,24H,8-9,12,14,23H2,1-5H3/t15-,22?/m0/s1. The summed E-state index contributed by atoms with van der Waals surface area (Å²) in [5.41, 5.74) is 7.65. The van der Waals surface area contributed by atoms with Crippen molar-refractivity contribution in [2.75, 3.05) is 20.2 Å². The Balaban J connectivity index is 1.72. The number of benzene rings is 1. The minimum atomic E-state index is -0.857. The summed E-state index contributed by atoms with van der Waals surface area (Å²) in [7, 11) is 1.64. The van der Waals surface area contributed by atoms with E-state index in [4.69, 9.17) is 20.2 Å². The normalized spacial score (nSPS) is 24.6. The van der Waals surface area contributed by atoms with Crippen LogP contribution >= 0.6 is 0 Å². The molecular weight excluding hydrogens is 368 g/mol. The maximum Gasteiger partial charge on any atom is 0.410 e. The molecule has 29 heavy (non-hydrogen) atoms. The van der Waals surface area contributed by atoms with Crippen LogP contribution in [0.3, 0.4) is 0 Å². The monoisotopic (exact) mass is 400 g/mol. The Bertz CT molecular complexity index is 824. The molecular formula is C22H32N4O3. The first-order chi connectivity index (χ1) is 13.6. The summed E-state index contributed by atoms with van der Waals surface area (Å²) in [6, 6.07) is 7.85. The lowest BCUT2D eigenvalue weighted by Gasteiger charge is -2.36. The zero-order valence-corrected chi connectivity index (χ0v) is 18.0. The van der Waals surface area contributed by atoms with Gasteiger partial charge in [-0.3, -0.25) is 4.99 Å². The minimum Gasteiger partial charge on any atom is -0.496 e. The molecule has 0 radical (unpaired) electrons. The summed E-state index contributed by atoms with van der Waals surface area (Å²) in [6.45, 7) is 8.80. The first-order valence-corrected chi connectivity index (χ1v) is 10.1. The molecule has 2 aliphatic rings. The Labute approximate surface area is 173 Å². The van der Waals surface area contributed by atoms with Crippen molar-refractivity contribution in [3.63, 3.8) is 0 Å². The topological polar surface area (TPSA) is 89.2 Å². The summed E-state index contributed by atoms with van der Waals surface area (Å²) in [4.78, 5) is 18.9. The second-order valence-corrected chi connectivity index (χ2v) is 8.81. The van der Waals surface area contributed by atoms with E-state index < -0.39 is 11.3 Å². The first-order valence-electron chi connectivity index (χ1n) is 10.1. The van der Waals surface area contributed by atoms with Crippen LogP contribution in [0.25, 0.3) is 0 Å². The van der Waals surface area contributed by atoms with Crippen LogP contribution in [0.5, 0.6) is 5.75 Å². The molecule has 2 atom stereocenters. The van der Waals surface area contributed by atoms with Gasteiger partial charge in [0.1, 0.15) is 17.0 Å². The number of carbonyl (C=O) groups is 1. The molecule has 0 aromatic heterocycles. The van der Waals surface area contributed by atoms with Crippen molar-refractivity contribution in [2.45, 2.75) is 57.8 Å². The molecule has 1 aromatic rings. The highest BCUT2D eigenvalue weighted by Gasteiger charge is 2.34. The first kappa shape index (κ1) is 21.2. The summed E-state index contributed by atoms with van der Waals surface area (Å²) in [6.07, 6.45) is 3.57. The minimum absolute atomic E-state index is 0.0950. The number of amides is 1. The number of hydrogen-bond acceptors (Lipinski definition) is 6. The number of aliphatic imine (C=N–C) groups is 1. The average molecular weight is 401 g/mol. The molecule has 0 aliphatic carbocycles. The number of methoxy groups -OCH3 is 1. The molecule has 1 aromatic carbocycles. The van der Waals surface area contributed by atoms with Crippen molar-refractivity contribution in [1.82, 2.24) is 10.2 Å². The van der Waals surface area contributed by atoms with E-state index in [9.17, 15) is 4.79 Å². The molecule has 158 valence electrons. The van der Waals surface area contributed by atoms with Crippen LogP contribution in [0.1, 0.15) is 46.1 Å². The SMILES string of the molecule is COc1ccccc1C1=NC(C)(N)C(N[C@H]2CCCN(C(=O)OC(C)(C)C)C2)=C1. The van der Waals surface area contributed by atoms with Gasteiger partial charge in [0.05, 0.1) is 18.5 Å². The van der Waals surface area contributed by atoms with Crippen molar-refractivity contribution in [2.24, 2.45) is 10.7 Å². The van der Waals surface area contributed by atoms with Gasteiger partial charge in [0.2, 0.25) is 0 Å². The van der Waals surface area contributed by atoms with Gasteiger partial charge in [-0.2, -0.15) is 0 Å². The number of nitrogens with two attached hydrogens (primary N) is 1. The predicted molar refractivity (Wildman–Crippen MR) is 114 cm³/mol. The van der Waals surface area contributed by atoms with Gasteiger partial charge >= 0.3 is 6.09 Å². The van der Waals surface area contributed by atoms with Gasteiger partial charge in [0.15, 0.2) is 0 Å². The van der Waals surface area contributed by atoms with E-state index >= 15 is 0 Å². The largest absolute Gasteiger partial charge is 0.496 e. The number of nitrogens with one attached hydrogen (secondary N) is 1. The molecule has 1 fully saturated rings. The number of rotatable bonds is 4. The average Bonchev–Trinajstić information content (AvgIpc) is 2.94. The van der Waals surface area contributed by atoms with Crippen LogP contribution in [-0.2, 0) is 4.74 Å². The molecule has 7 nitrogen and oxygen atoms in total. The molecule has 0 spiro atoms. The Morgan fingerprint density at radius 1 is 1.34 bits per heavy atom. The molecule has 3 rings (SSSR count). The van der Waals surface area contributed by atoms with Crippen LogP contribution in [0.2, 0.25) is 0 Å². The maximum absolute atomic E-state index is 12.4. The summed E-state index contributed by atoms with van der Waals surface area (Å²) < 4.78 is 11.0. The van der Waals surface area contributed by atoms with E-state index in [-0.39, 0.29) is 12.1 Å². The fraction of sp³-hybridized carbons (Fsp3) is 0.545. The van der Waals surface area contributed by atoms with E-state index in [2.05, 4.69) is 5.32 Å². The van der Waals surface area contributed by atoms with E-state index in [1.54, 1.807) is 12.0 Å². The van der Waals surface area contributed by atoms with Gasteiger partial charge < -0.3 is 25.4 Å². The van der Waals surface area contributed by atoms with Gasteiger partial charge in [0, 0.05) is 24.7 Å². The molecule has 2 heterocycles. The fourth-order valence-corrected chi connectivity index (χ4v) is 3.61. The Morgan fingerprint density at radius 3 is 2.76 bits per heavy atom. The number of hydrogen-bond donors (Lipinski definition) is 2. The number of likely N-dealkylation sites (tertiary alicyclic amines) is 1. The van der Waals surface area contributed by atoms with Crippen molar-refractivity contribution in [3.05, 3.63) is 41.6 Å². The Kier molecular flexibility index (Phi) is 5.89. The van der Waals surface area contributed by atoms with Crippen LogP contribution < -0.4 is 15.8 Å².